The van der Waals surface area contributed by atoms with Gasteiger partial charge in [0.05, 0.1) is 10.4 Å². The van der Waals surface area contributed by atoms with Crippen LogP contribution in [0.4, 0.5) is 0 Å². The maximum absolute atomic E-state index is 11.3. The highest BCUT2D eigenvalue weighted by Gasteiger charge is 2.34. The fourth-order valence-corrected chi connectivity index (χ4v) is 4.08. The average molecular weight is 378 g/mol. The Kier molecular flexibility index (Phi) is 3.28. The van der Waals surface area contributed by atoms with Crippen molar-refractivity contribution in [1.82, 2.24) is 5.32 Å². The van der Waals surface area contributed by atoms with E-state index in [1.165, 1.54) is 0 Å². The van der Waals surface area contributed by atoms with Crippen molar-refractivity contribution in [2.75, 3.05) is 6.54 Å². The van der Waals surface area contributed by atoms with Crippen LogP contribution in [-0.2, 0) is 4.79 Å². The molecule has 0 amide bonds. The van der Waals surface area contributed by atoms with Gasteiger partial charge in [0.2, 0.25) is 0 Å². The number of aliphatic carboxylic acids is 1. The van der Waals surface area contributed by atoms with Gasteiger partial charge in [0.1, 0.15) is 22.7 Å². The first kappa shape index (κ1) is 14.8. The number of carboxylic acid groups (broad SMARTS) is 1. The molecule has 4 rings (SSSR count). The Morgan fingerprint density at radius 2 is 1.87 bits per heavy atom. The molecule has 3 heterocycles. The van der Waals surface area contributed by atoms with Crippen LogP contribution in [0.5, 0.6) is 0 Å². The second-order valence-corrected chi connectivity index (χ2v) is 6.95. The Morgan fingerprint density at radius 1 is 1.22 bits per heavy atom. The van der Waals surface area contributed by atoms with E-state index in [1.807, 2.05) is 26.0 Å². The van der Waals surface area contributed by atoms with E-state index in [1.54, 1.807) is 0 Å². The largest absolute Gasteiger partial charge is 0.481 e. The quantitative estimate of drug-likeness (QED) is 0.696. The van der Waals surface area contributed by atoms with Crippen LogP contribution in [0.3, 0.4) is 0 Å². The summed E-state index contributed by atoms with van der Waals surface area (Å²) >= 11 is 3.62. The van der Waals surface area contributed by atoms with Crippen LogP contribution in [0.25, 0.3) is 21.9 Å². The smallest absolute Gasteiger partial charge is 0.307 e. The number of halogens is 1. The molecule has 120 valence electrons. The van der Waals surface area contributed by atoms with E-state index in [0.717, 1.165) is 43.5 Å². The highest BCUT2D eigenvalue weighted by molar-refractivity contribution is 9.10. The summed E-state index contributed by atoms with van der Waals surface area (Å²) in [5.74, 6) is 0.500. The minimum Gasteiger partial charge on any atom is -0.481 e. The Labute approximate surface area is 140 Å². The van der Waals surface area contributed by atoms with Gasteiger partial charge in [-0.2, -0.15) is 0 Å². The van der Waals surface area contributed by atoms with E-state index in [4.69, 9.17) is 8.83 Å². The summed E-state index contributed by atoms with van der Waals surface area (Å²) in [5.41, 5.74) is 2.57. The number of fused-ring (bicyclic) bond motifs is 2. The van der Waals surface area contributed by atoms with Crippen LogP contribution in [0, 0.1) is 19.8 Å². The molecule has 1 saturated heterocycles. The van der Waals surface area contributed by atoms with E-state index in [0.29, 0.717) is 13.0 Å². The van der Waals surface area contributed by atoms with E-state index in [2.05, 4.69) is 21.2 Å². The Bertz CT molecular complexity index is 882. The molecule has 0 bridgehead atoms. The Morgan fingerprint density at radius 3 is 2.52 bits per heavy atom. The zero-order chi connectivity index (χ0) is 16.3. The van der Waals surface area contributed by atoms with Crippen LogP contribution in [-0.4, -0.2) is 17.6 Å². The molecule has 1 aliphatic heterocycles. The zero-order valence-corrected chi connectivity index (χ0v) is 14.4. The van der Waals surface area contributed by atoms with E-state index >= 15 is 0 Å². The molecule has 23 heavy (non-hydrogen) atoms. The molecule has 0 saturated carbocycles. The number of hydrogen-bond donors (Lipinski definition) is 2. The number of aryl methyl sites for hydroxylation is 2. The third-order valence-electron chi connectivity index (χ3n) is 4.51. The average Bonchev–Trinajstić information content (AvgIpc) is 3.17. The number of carboxylic acids is 1. The third-order valence-corrected chi connectivity index (χ3v) is 5.30. The summed E-state index contributed by atoms with van der Waals surface area (Å²) in [6.07, 6.45) is 0.547. The standard InChI is InChI=1S/C17H16BrNO4/c1-7-3-10-13(12-5-9(6-19-12)17(20)21)15-11(4-8(2)22-15)14(18)16(10)23-7/h3-4,9,12,19H,5-6H2,1-2H3,(H,20,21). The fraction of sp³-hybridized carbons (Fsp3) is 0.353. The highest BCUT2D eigenvalue weighted by Crippen LogP contribution is 2.44. The van der Waals surface area contributed by atoms with Crippen LogP contribution >= 0.6 is 15.9 Å². The highest BCUT2D eigenvalue weighted by atomic mass is 79.9. The third kappa shape index (κ3) is 2.20. The molecule has 0 spiro atoms. The number of furan rings is 2. The van der Waals surface area contributed by atoms with Gasteiger partial charge < -0.3 is 19.3 Å². The SMILES string of the molecule is Cc1cc2c(C3CC(C(=O)O)CN3)c3oc(C)cc3c(Br)c2o1. The predicted octanol–water partition coefficient (Wildman–Crippen LogP) is 4.29. The van der Waals surface area contributed by atoms with Crippen LogP contribution < -0.4 is 5.32 Å². The number of rotatable bonds is 2. The summed E-state index contributed by atoms with van der Waals surface area (Å²) in [5, 5.41) is 14.5. The number of carbonyl (C=O) groups is 1. The van der Waals surface area contributed by atoms with Crippen molar-refractivity contribution >= 4 is 43.8 Å². The van der Waals surface area contributed by atoms with Gasteiger partial charge in [-0.05, 0) is 48.3 Å². The van der Waals surface area contributed by atoms with Gasteiger partial charge in [-0.25, -0.2) is 0 Å². The van der Waals surface area contributed by atoms with Crippen molar-refractivity contribution in [3.63, 3.8) is 0 Å². The molecule has 2 atom stereocenters. The Balaban J connectivity index is 1.99. The van der Waals surface area contributed by atoms with Gasteiger partial charge in [-0.3, -0.25) is 4.79 Å². The minimum absolute atomic E-state index is 0.0586. The lowest BCUT2D eigenvalue weighted by Gasteiger charge is -2.13. The van der Waals surface area contributed by atoms with Crippen LogP contribution in [0.1, 0.15) is 29.5 Å². The van der Waals surface area contributed by atoms with Gasteiger partial charge >= 0.3 is 5.97 Å². The second-order valence-electron chi connectivity index (χ2n) is 6.16. The molecule has 1 aromatic carbocycles. The van der Waals surface area contributed by atoms with Crippen molar-refractivity contribution in [2.45, 2.75) is 26.3 Å². The summed E-state index contributed by atoms with van der Waals surface area (Å²) < 4.78 is 12.7. The van der Waals surface area contributed by atoms with Crippen molar-refractivity contribution in [3.05, 3.63) is 33.7 Å². The maximum atomic E-state index is 11.3. The van der Waals surface area contributed by atoms with E-state index in [-0.39, 0.29) is 12.0 Å². The second kappa shape index (κ2) is 5.11. The lowest BCUT2D eigenvalue weighted by molar-refractivity contribution is -0.141. The van der Waals surface area contributed by atoms with E-state index in [9.17, 15) is 9.90 Å². The molecule has 2 aromatic heterocycles. The predicted molar refractivity (Wildman–Crippen MR) is 89.6 cm³/mol. The number of benzene rings is 1. The van der Waals surface area contributed by atoms with Gasteiger partial charge in [-0.15, -0.1) is 0 Å². The molecule has 0 aliphatic carbocycles. The molecule has 1 aliphatic rings. The molecule has 2 unspecified atom stereocenters. The number of nitrogens with one attached hydrogen (secondary N) is 1. The normalized spacial score (nSPS) is 21.5. The molecule has 2 N–H and O–H groups in total. The topological polar surface area (TPSA) is 75.6 Å². The van der Waals surface area contributed by atoms with E-state index < -0.39 is 5.97 Å². The number of hydrogen-bond acceptors (Lipinski definition) is 4. The molecule has 6 heteroatoms. The molecule has 0 radical (unpaired) electrons. The molecule has 3 aromatic rings. The molecular formula is C17H16BrNO4. The van der Waals surface area contributed by atoms with Crippen molar-refractivity contribution < 1.29 is 18.7 Å². The summed E-state index contributed by atoms with van der Waals surface area (Å²) in [4.78, 5) is 11.3. The lowest BCUT2D eigenvalue weighted by Crippen LogP contribution is -2.17. The van der Waals surface area contributed by atoms with Crippen molar-refractivity contribution in [1.29, 1.82) is 0 Å². The lowest BCUT2D eigenvalue weighted by atomic mass is 9.96. The van der Waals surface area contributed by atoms with Crippen molar-refractivity contribution in [3.8, 4) is 0 Å². The summed E-state index contributed by atoms with van der Waals surface area (Å²) in [6.45, 7) is 4.28. The molecular weight excluding hydrogens is 362 g/mol. The minimum atomic E-state index is -0.761. The van der Waals surface area contributed by atoms with Gasteiger partial charge in [0.25, 0.3) is 0 Å². The summed E-state index contributed by atoms with van der Waals surface area (Å²) in [6, 6.07) is 3.91. The van der Waals surface area contributed by atoms with Gasteiger partial charge in [0, 0.05) is 28.9 Å². The first-order valence-corrected chi connectivity index (χ1v) is 8.33. The monoisotopic (exact) mass is 377 g/mol. The summed E-state index contributed by atoms with van der Waals surface area (Å²) in [7, 11) is 0. The molecule has 5 nitrogen and oxygen atoms in total. The maximum Gasteiger partial charge on any atom is 0.307 e. The molecule has 1 fully saturated rings. The first-order valence-electron chi connectivity index (χ1n) is 7.53. The van der Waals surface area contributed by atoms with Crippen LogP contribution in [0.2, 0.25) is 0 Å². The van der Waals surface area contributed by atoms with Crippen LogP contribution in [0.15, 0.2) is 25.4 Å². The Hall–Kier alpha value is -1.79. The van der Waals surface area contributed by atoms with Crippen molar-refractivity contribution in [2.24, 2.45) is 5.92 Å². The van der Waals surface area contributed by atoms with Gasteiger partial charge in [0.15, 0.2) is 0 Å². The van der Waals surface area contributed by atoms with Gasteiger partial charge in [-0.1, -0.05) is 0 Å². The zero-order valence-electron chi connectivity index (χ0n) is 12.8. The first-order chi connectivity index (χ1) is 11.0. The fourth-order valence-electron chi connectivity index (χ4n) is 3.49.